The van der Waals surface area contributed by atoms with E-state index in [0.717, 1.165) is 5.75 Å². The second-order valence-electron chi connectivity index (χ2n) is 1.77. The SMILES string of the molecule is C=CCSC[C@H](N)C(=O)O.O. The third kappa shape index (κ3) is 7.38. The van der Waals surface area contributed by atoms with Gasteiger partial charge in [0, 0.05) is 11.5 Å². The minimum Gasteiger partial charge on any atom is -0.480 e. The van der Waals surface area contributed by atoms with Crippen LogP contribution >= 0.6 is 11.8 Å². The largest absolute Gasteiger partial charge is 0.480 e. The van der Waals surface area contributed by atoms with Crippen LogP contribution in [0.5, 0.6) is 0 Å². The zero-order valence-corrected chi connectivity index (χ0v) is 6.93. The molecule has 0 fully saturated rings. The number of rotatable bonds is 5. The molecule has 11 heavy (non-hydrogen) atoms. The lowest BCUT2D eigenvalue weighted by molar-refractivity contribution is -0.137. The number of thioether (sulfide) groups is 1. The molecule has 0 unspecified atom stereocenters. The molecule has 0 amide bonds. The summed E-state index contributed by atoms with van der Waals surface area (Å²) in [6, 6.07) is -0.745. The normalized spacial score (nSPS) is 11.4. The summed E-state index contributed by atoms with van der Waals surface area (Å²) in [5.41, 5.74) is 5.20. The van der Waals surface area contributed by atoms with Gasteiger partial charge < -0.3 is 16.3 Å². The topological polar surface area (TPSA) is 94.8 Å². The second-order valence-corrected chi connectivity index (χ2v) is 2.85. The fourth-order valence-corrected chi connectivity index (χ4v) is 1.05. The van der Waals surface area contributed by atoms with Gasteiger partial charge in [-0.1, -0.05) is 6.08 Å². The smallest absolute Gasteiger partial charge is 0.321 e. The van der Waals surface area contributed by atoms with E-state index in [9.17, 15) is 4.79 Å². The number of carbonyl (C=O) groups is 1. The van der Waals surface area contributed by atoms with Crippen molar-refractivity contribution in [2.75, 3.05) is 11.5 Å². The highest BCUT2D eigenvalue weighted by Gasteiger charge is 2.09. The quantitative estimate of drug-likeness (QED) is 0.439. The summed E-state index contributed by atoms with van der Waals surface area (Å²) in [5, 5.41) is 8.32. The molecule has 5 N–H and O–H groups in total. The van der Waals surface area contributed by atoms with Gasteiger partial charge in [0.05, 0.1) is 0 Å². The average Bonchev–Trinajstić information content (AvgIpc) is 1.88. The van der Waals surface area contributed by atoms with Crippen LogP contribution in [-0.4, -0.2) is 34.1 Å². The van der Waals surface area contributed by atoms with Gasteiger partial charge in [-0.05, 0) is 0 Å². The highest BCUT2D eigenvalue weighted by Crippen LogP contribution is 2.00. The first-order valence-corrected chi connectivity index (χ1v) is 4.01. The Morgan fingerprint density at radius 2 is 2.36 bits per heavy atom. The predicted molar refractivity (Wildman–Crippen MR) is 46.7 cm³/mol. The molecule has 1 atom stereocenters. The second kappa shape index (κ2) is 7.59. The Kier molecular flexibility index (Phi) is 9.03. The minimum absolute atomic E-state index is 0. The maximum Gasteiger partial charge on any atom is 0.321 e. The molecule has 0 bridgehead atoms. The van der Waals surface area contributed by atoms with Gasteiger partial charge in [-0.25, -0.2) is 0 Å². The third-order valence-corrected chi connectivity index (χ3v) is 1.92. The minimum atomic E-state index is -0.948. The molecule has 0 aliphatic heterocycles. The number of hydrogen-bond acceptors (Lipinski definition) is 3. The zero-order valence-electron chi connectivity index (χ0n) is 6.12. The maximum atomic E-state index is 10.1. The first kappa shape index (κ1) is 13.1. The van der Waals surface area contributed by atoms with Gasteiger partial charge >= 0.3 is 5.97 Å². The van der Waals surface area contributed by atoms with Crippen LogP contribution in [-0.2, 0) is 4.79 Å². The summed E-state index contributed by atoms with van der Waals surface area (Å²) in [5.74, 6) is 0.249. The average molecular weight is 179 g/mol. The zero-order chi connectivity index (χ0) is 7.98. The summed E-state index contributed by atoms with van der Waals surface area (Å²) in [6.45, 7) is 3.49. The Hall–Kier alpha value is -0.520. The van der Waals surface area contributed by atoms with Crippen molar-refractivity contribution in [3.8, 4) is 0 Å². The Morgan fingerprint density at radius 3 is 2.73 bits per heavy atom. The standard InChI is InChI=1S/C6H11NO2S.H2O/c1-2-3-10-4-5(7)6(8)9;/h2,5H,1,3-4,7H2,(H,8,9);1H2/t5-;/m0./s1. The lowest BCUT2D eigenvalue weighted by Crippen LogP contribution is -2.32. The molecule has 4 nitrogen and oxygen atoms in total. The predicted octanol–water partition coefficient (Wildman–Crippen LogP) is -0.507. The molecule has 0 rings (SSSR count). The Bertz CT molecular complexity index is 129. The molecule has 0 saturated carbocycles. The van der Waals surface area contributed by atoms with E-state index in [0.29, 0.717) is 5.75 Å². The molecular formula is C6H13NO3S. The summed E-state index contributed by atoms with van der Waals surface area (Å²) >= 11 is 1.47. The van der Waals surface area contributed by atoms with Crippen molar-refractivity contribution >= 4 is 17.7 Å². The first-order valence-electron chi connectivity index (χ1n) is 2.85. The van der Waals surface area contributed by atoms with Gasteiger partial charge in [0.25, 0.3) is 0 Å². The molecule has 0 aliphatic rings. The highest BCUT2D eigenvalue weighted by molar-refractivity contribution is 7.99. The fourth-order valence-electron chi connectivity index (χ4n) is 0.350. The highest BCUT2D eigenvalue weighted by atomic mass is 32.2. The van der Waals surface area contributed by atoms with Gasteiger partial charge in [-0.3, -0.25) is 4.79 Å². The maximum absolute atomic E-state index is 10.1. The summed E-state index contributed by atoms with van der Waals surface area (Å²) in [6.07, 6.45) is 1.72. The molecule has 0 aromatic heterocycles. The number of carboxylic acid groups (broad SMARTS) is 1. The molecule has 0 saturated heterocycles. The molecule has 0 aromatic carbocycles. The summed E-state index contributed by atoms with van der Waals surface area (Å²) < 4.78 is 0. The summed E-state index contributed by atoms with van der Waals surface area (Å²) in [4.78, 5) is 10.1. The molecule has 0 radical (unpaired) electrons. The van der Waals surface area contributed by atoms with Crippen LogP contribution in [0.3, 0.4) is 0 Å². The van der Waals surface area contributed by atoms with E-state index in [2.05, 4.69) is 6.58 Å². The molecule has 0 heterocycles. The Morgan fingerprint density at radius 1 is 1.82 bits per heavy atom. The van der Waals surface area contributed by atoms with E-state index in [1.54, 1.807) is 6.08 Å². The van der Waals surface area contributed by atoms with Crippen molar-refractivity contribution < 1.29 is 15.4 Å². The van der Waals surface area contributed by atoms with Crippen LogP contribution in [0.4, 0.5) is 0 Å². The number of nitrogens with two attached hydrogens (primary N) is 1. The van der Waals surface area contributed by atoms with Crippen LogP contribution in [0.2, 0.25) is 0 Å². The fraction of sp³-hybridized carbons (Fsp3) is 0.500. The number of aliphatic carboxylic acids is 1. The molecule has 0 aromatic rings. The van der Waals surface area contributed by atoms with Crippen LogP contribution in [0.1, 0.15) is 0 Å². The molecule has 66 valence electrons. The molecule has 0 spiro atoms. The lowest BCUT2D eigenvalue weighted by atomic mass is 10.4. The van der Waals surface area contributed by atoms with E-state index in [1.165, 1.54) is 11.8 Å². The van der Waals surface area contributed by atoms with E-state index >= 15 is 0 Å². The van der Waals surface area contributed by atoms with Crippen LogP contribution in [0.25, 0.3) is 0 Å². The van der Waals surface area contributed by atoms with Gasteiger partial charge in [0.15, 0.2) is 0 Å². The van der Waals surface area contributed by atoms with E-state index in [-0.39, 0.29) is 5.48 Å². The van der Waals surface area contributed by atoms with Crippen LogP contribution in [0, 0.1) is 0 Å². The molecule has 5 heteroatoms. The van der Waals surface area contributed by atoms with Crippen molar-refractivity contribution in [3.63, 3.8) is 0 Å². The monoisotopic (exact) mass is 179 g/mol. The Balaban J connectivity index is 0. The van der Waals surface area contributed by atoms with Gasteiger partial charge in [-0.15, -0.1) is 6.58 Å². The van der Waals surface area contributed by atoms with Crippen molar-refractivity contribution in [2.24, 2.45) is 5.73 Å². The number of carboxylic acids is 1. The first-order chi connectivity index (χ1) is 4.68. The molecular weight excluding hydrogens is 166 g/mol. The third-order valence-electron chi connectivity index (χ3n) is 0.850. The van der Waals surface area contributed by atoms with E-state index in [4.69, 9.17) is 10.8 Å². The van der Waals surface area contributed by atoms with Gasteiger partial charge in [0.1, 0.15) is 6.04 Å². The lowest BCUT2D eigenvalue weighted by Gasteiger charge is -2.02. The van der Waals surface area contributed by atoms with Gasteiger partial charge in [-0.2, -0.15) is 11.8 Å². The van der Waals surface area contributed by atoms with Crippen molar-refractivity contribution in [1.82, 2.24) is 0 Å². The van der Waals surface area contributed by atoms with E-state index < -0.39 is 12.0 Å². The number of hydrogen-bond donors (Lipinski definition) is 2. The van der Waals surface area contributed by atoms with E-state index in [1.807, 2.05) is 0 Å². The van der Waals surface area contributed by atoms with Crippen molar-refractivity contribution in [1.29, 1.82) is 0 Å². The van der Waals surface area contributed by atoms with Crippen molar-refractivity contribution in [3.05, 3.63) is 12.7 Å². The van der Waals surface area contributed by atoms with Crippen LogP contribution < -0.4 is 5.73 Å². The van der Waals surface area contributed by atoms with Crippen molar-refractivity contribution in [2.45, 2.75) is 6.04 Å². The summed E-state index contributed by atoms with van der Waals surface area (Å²) in [7, 11) is 0. The van der Waals surface area contributed by atoms with Crippen LogP contribution in [0.15, 0.2) is 12.7 Å². The Labute approximate surface area is 69.8 Å². The van der Waals surface area contributed by atoms with Gasteiger partial charge in [0.2, 0.25) is 0 Å². The molecule has 0 aliphatic carbocycles.